The van der Waals surface area contributed by atoms with Crippen molar-refractivity contribution in [3.05, 3.63) is 94.5 Å². The summed E-state index contributed by atoms with van der Waals surface area (Å²) in [6.07, 6.45) is -6.79. The molecule has 3 rings (SSSR count). The summed E-state index contributed by atoms with van der Waals surface area (Å²) in [6, 6.07) is 15.6. The van der Waals surface area contributed by atoms with E-state index in [1.807, 2.05) is 13.8 Å². The lowest BCUT2D eigenvalue weighted by molar-refractivity contribution is -0.206. The highest BCUT2D eigenvalue weighted by Crippen LogP contribution is 2.36. The first-order chi connectivity index (χ1) is 19.7. The molecule has 3 aromatic carbocycles. The maximum atomic E-state index is 13.0. The maximum Gasteiger partial charge on any atom is 0.490 e. The lowest BCUT2D eigenvalue weighted by Crippen LogP contribution is -2.39. The van der Waals surface area contributed by atoms with Crippen LogP contribution in [0, 0.1) is 19.8 Å². The molecule has 0 heterocycles. The second-order valence-corrected chi connectivity index (χ2v) is 9.68. The zero-order valence-corrected chi connectivity index (χ0v) is 23.9. The Morgan fingerprint density at radius 2 is 1.24 bits per heavy atom. The summed E-state index contributed by atoms with van der Waals surface area (Å²) in [7, 11) is 0. The molecule has 2 atom stereocenters. The molecule has 11 heteroatoms. The van der Waals surface area contributed by atoms with E-state index in [0.717, 1.165) is 11.1 Å². The predicted octanol–water partition coefficient (Wildman–Crippen LogP) is 5.87. The summed E-state index contributed by atoms with van der Waals surface area (Å²) < 4.78 is 54.8. The van der Waals surface area contributed by atoms with Crippen LogP contribution in [-0.4, -0.2) is 41.8 Å². The van der Waals surface area contributed by atoms with Gasteiger partial charge in [0.25, 0.3) is 0 Å². The van der Waals surface area contributed by atoms with Gasteiger partial charge in [-0.15, -0.1) is 0 Å². The van der Waals surface area contributed by atoms with Crippen molar-refractivity contribution in [3.63, 3.8) is 0 Å². The van der Waals surface area contributed by atoms with Gasteiger partial charge in [0.1, 0.15) is 6.10 Å². The van der Waals surface area contributed by atoms with Gasteiger partial charge in [0.2, 0.25) is 0 Å². The van der Waals surface area contributed by atoms with Crippen molar-refractivity contribution >= 4 is 17.9 Å². The third-order valence-corrected chi connectivity index (χ3v) is 5.86. The maximum absolute atomic E-state index is 13.0. The van der Waals surface area contributed by atoms with Crippen LogP contribution in [0.3, 0.4) is 0 Å². The number of nitrogens with two attached hydrogens (primary N) is 1. The Labute approximate surface area is 242 Å². The largest absolute Gasteiger partial charge is 0.490 e. The quantitative estimate of drug-likeness (QED) is 0.247. The van der Waals surface area contributed by atoms with E-state index in [9.17, 15) is 27.6 Å². The molecule has 226 valence electrons. The number of hydrogen-bond acceptors (Lipinski definition) is 8. The van der Waals surface area contributed by atoms with Crippen LogP contribution < -0.4 is 15.2 Å². The van der Waals surface area contributed by atoms with Crippen molar-refractivity contribution < 1.29 is 46.9 Å². The predicted molar refractivity (Wildman–Crippen MR) is 149 cm³/mol. The van der Waals surface area contributed by atoms with E-state index in [4.69, 9.17) is 25.1 Å². The third-order valence-electron chi connectivity index (χ3n) is 5.86. The standard InChI is InChI=1S/C29H28F3NO6.C2H6O/c1-16(2)24(33)25(39-28(36)29(30,31)32)21-13-14-22(37-26(34)19-9-5-17(3)6-10-19)23(15-21)38-27(35)20-11-7-18(4)8-12-20;1-2-3/h5-16,24-25H,33H2,1-4H3;3H,2H2,1H3. The normalized spacial score (nSPS) is 12.5. The fraction of sp³-hybridized carbons (Fsp3) is 0.323. The number of esters is 3. The number of aryl methyl sites for hydroxylation is 2. The summed E-state index contributed by atoms with van der Waals surface area (Å²) in [5.41, 5.74) is 8.34. The highest BCUT2D eigenvalue weighted by Gasteiger charge is 2.43. The number of ether oxygens (including phenoxy) is 3. The first-order valence-corrected chi connectivity index (χ1v) is 13.0. The molecule has 8 nitrogen and oxygen atoms in total. The van der Waals surface area contributed by atoms with Crippen LogP contribution in [0.1, 0.15) is 64.3 Å². The Hall–Kier alpha value is -4.22. The summed E-state index contributed by atoms with van der Waals surface area (Å²) in [4.78, 5) is 37.3. The monoisotopic (exact) mass is 589 g/mol. The minimum absolute atomic E-state index is 0.00985. The van der Waals surface area contributed by atoms with Crippen LogP contribution in [-0.2, 0) is 9.53 Å². The van der Waals surface area contributed by atoms with E-state index >= 15 is 0 Å². The SMILES string of the molecule is CCO.Cc1ccc(C(=O)Oc2ccc(C(OC(=O)C(F)(F)F)C(N)C(C)C)cc2OC(=O)c2ccc(C)cc2)cc1. The topological polar surface area (TPSA) is 125 Å². The molecule has 0 aromatic heterocycles. The van der Waals surface area contributed by atoms with Gasteiger partial charge in [-0.1, -0.05) is 55.3 Å². The highest BCUT2D eigenvalue weighted by atomic mass is 19.4. The van der Waals surface area contributed by atoms with Gasteiger partial charge in [-0.25, -0.2) is 14.4 Å². The number of carbonyl (C=O) groups excluding carboxylic acids is 3. The molecule has 3 aromatic rings. The van der Waals surface area contributed by atoms with E-state index in [1.165, 1.54) is 30.3 Å². The fourth-order valence-corrected chi connectivity index (χ4v) is 3.46. The molecule has 0 aliphatic carbocycles. The third kappa shape index (κ3) is 9.71. The van der Waals surface area contributed by atoms with Crippen LogP contribution >= 0.6 is 0 Å². The number of aliphatic hydroxyl groups excluding tert-OH is 1. The Bertz CT molecular complexity index is 1350. The number of rotatable bonds is 8. The number of hydrogen-bond donors (Lipinski definition) is 2. The average Bonchev–Trinajstić information content (AvgIpc) is 2.92. The first-order valence-electron chi connectivity index (χ1n) is 13.0. The van der Waals surface area contributed by atoms with Crippen molar-refractivity contribution in [1.29, 1.82) is 0 Å². The van der Waals surface area contributed by atoms with Crippen molar-refractivity contribution in [2.45, 2.75) is 52.9 Å². The van der Waals surface area contributed by atoms with Crippen LogP contribution in [0.4, 0.5) is 13.2 Å². The van der Waals surface area contributed by atoms with Gasteiger partial charge in [-0.05, 0) is 68.7 Å². The number of halogens is 3. The molecular weight excluding hydrogens is 555 g/mol. The molecule has 3 N–H and O–H groups in total. The Morgan fingerprint density at radius 1 is 0.810 bits per heavy atom. The Balaban J connectivity index is 0.00000197. The molecule has 0 spiro atoms. The summed E-state index contributed by atoms with van der Waals surface area (Å²) >= 11 is 0. The minimum atomic E-state index is -5.25. The molecule has 42 heavy (non-hydrogen) atoms. The smallest absolute Gasteiger partial charge is 0.449 e. The lowest BCUT2D eigenvalue weighted by atomic mass is 9.93. The van der Waals surface area contributed by atoms with Crippen LogP contribution in [0.2, 0.25) is 0 Å². The van der Waals surface area contributed by atoms with Gasteiger partial charge in [-0.3, -0.25) is 0 Å². The molecule has 2 unspecified atom stereocenters. The van der Waals surface area contributed by atoms with E-state index < -0.39 is 42.1 Å². The first kappa shape index (κ1) is 34.0. The zero-order chi connectivity index (χ0) is 31.6. The summed E-state index contributed by atoms with van der Waals surface area (Å²) in [5.74, 6) is -4.83. The van der Waals surface area contributed by atoms with Crippen molar-refractivity contribution in [3.8, 4) is 11.5 Å². The van der Waals surface area contributed by atoms with E-state index in [0.29, 0.717) is 0 Å². The molecule has 0 amide bonds. The molecule has 0 saturated heterocycles. The van der Waals surface area contributed by atoms with Gasteiger partial charge in [0, 0.05) is 12.6 Å². The van der Waals surface area contributed by atoms with Gasteiger partial charge < -0.3 is 25.1 Å². The van der Waals surface area contributed by atoms with Gasteiger partial charge in [0.15, 0.2) is 11.5 Å². The van der Waals surface area contributed by atoms with E-state index in [-0.39, 0.29) is 34.8 Å². The minimum Gasteiger partial charge on any atom is -0.449 e. The summed E-state index contributed by atoms with van der Waals surface area (Å²) in [5, 5.41) is 7.57. The molecule has 0 aliphatic heterocycles. The lowest BCUT2D eigenvalue weighted by Gasteiger charge is -2.28. The number of aliphatic hydroxyl groups is 1. The van der Waals surface area contributed by atoms with Crippen LogP contribution in [0.15, 0.2) is 66.7 Å². The Morgan fingerprint density at radius 3 is 1.64 bits per heavy atom. The summed E-state index contributed by atoms with van der Waals surface area (Å²) in [6.45, 7) is 8.91. The van der Waals surface area contributed by atoms with Gasteiger partial charge in [-0.2, -0.15) is 13.2 Å². The fourth-order valence-electron chi connectivity index (χ4n) is 3.46. The van der Waals surface area contributed by atoms with E-state index in [2.05, 4.69) is 0 Å². The number of benzene rings is 3. The van der Waals surface area contributed by atoms with Gasteiger partial charge in [0.05, 0.1) is 11.1 Å². The number of carbonyl (C=O) groups is 3. The molecule has 0 radical (unpaired) electrons. The molecule has 0 aliphatic rings. The van der Waals surface area contributed by atoms with Crippen molar-refractivity contribution in [2.75, 3.05) is 6.61 Å². The van der Waals surface area contributed by atoms with Crippen LogP contribution in [0.5, 0.6) is 11.5 Å². The highest BCUT2D eigenvalue weighted by molar-refractivity contribution is 5.93. The molecule has 0 saturated carbocycles. The zero-order valence-electron chi connectivity index (χ0n) is 23.9. The molecule has 0 fully saturated rings. The number of alkyl halides is 3. The average molecular weight is 590 g/mol. The van der Waals surface area contributed by atoms with E-state index in [1.54, 1.807) is 57.2 Å². The van der Waals surface area contributed by atoms with Crippen LogP contribution in [0.25, 0.3) is 0 Å². The second-order valence-electron chi connectivity index (χ2n) is 9.68. The molecule has 0 bridgehead atoms. The second kappa shape index (κ2) is 15.1. The van der Waals surface area contributed by atoms with Crippen molar-refractivity contribution in [2.24, 2.45) is 11.7 Å². The Kier molecular flexibility index (Phi) is 12.2. The van der Waals surface area contributed by atoms with Crippen molar-refractivity contribution in [1.82, 2.24) is 0 Å². The molecular formula is C31H34F3NO7. The van der Waals surface area contributed by atoms with Gasteiger partial charge >= 0.3 is 24.1 Å².